The van der Waals surface area contributed by atoms with Gasteiger partial charge >= 0.3 is 0 Å². The molecule has 3 nitrogen and oxygen atoms in total. The predicted molar refractivity (Wildman–Crippen MR) is 83.0 cm³/mol. The number of fused-ring (bicyclic) bond motifs is 1. The third-order valence-corrected chi connectivity index (χ3v) is 3.82. The molecule has 1 N–H and O–H groups in total. The van der Waals surface area contributed by atoms with Crippen molar-refractivity contribution < 1.29 is 14.3 Å². The van der Waals surface area contributed by atoms with E-state index in [1.54, 1.807) is 25.3 Å². The summed E-state index contributed by atoms with van der Waals surface area (Å²) in [6.07, 6.45) is -0.861. The second-order valence-electron chi connectivity index (χ2n) is 4.94. The molecule has 0 aliphatic heterocycles. The number of furan rings is 1. The van der Waals surface area contributed by atoms with Crippen molar-refractivity contribution in [2.24, 2.45) is 0 Å². The van der Waals surface area contributed by atoms with Gasteiger partial charge in [0.25, 0.3) is 0 Å². The summed E-state index contributed by atoms with van der Waals surface area (Å²) in [5, 5.41) is 11.9. The maximum atomic E-state index is 10.5. The van der Waals surface area contributed by atoms with Crippen LogP contribution in [0.25, 0.3) is 11.0 Å². The Morgan fingerprint density at radius 3 is 2.67 bits per heavy atom. The van der Waals surface area contributed by atoms with E-state index in [0.29, 0.717) is 22.1 Å². The van der Waals surface area contributed by atoms with Gasteiger partial charge in [-0.2, -0.15) is 0 Å². The molecule has 0 aliphatic rings. The second kappa shape index (κ2) is 5.43. The fraction of sp³-hybridized carbons (Fsp3) is 0.176. The van der Waals surface area contributed by atoms with Crippen LogP contribution in [0, 0.1) is 6.92 Å². The Labute approximate surface area is 127 Å². The molecule has 0 bridgehead atoms. The SMILES string of the molecule is COc1ccc(C(O)c2cc3cccc(C)c3o2)cc1Cl. The van der Waals surface area contributed by atoms with Crippen LogP contribution < -0.4 is 4.74 Å². The van der Waals surface area contributed by atoms with Crippen LogP contribution in [-0.4, -0.2) is 12.2 Å². The summed E-state index contributed by atoms with van der Waals surface area (Å²) in [4.78, 5) is 0. The predicted octanol–water partition coefficient (Wildman–Crippen LogP) is 4.48. The molecule has 0 radical (unpaired) electrons. The minimum absolute atomic E-state index is 0.460. The van der Waals surface area contributed by atoms with Gasteiger partial charge in [-0.3, -0.25) is 0 Å². The van der Waals surface area contributed by atoms with E-state index in [1.165, 1.54) is 0 Å². The molecule has 108 valence electrons. The zero-order chi connectivity index (χ0) is 15.0. The number of aliphatic hydroxyl groups excluding tert-OH is 1. The van der Waals surface area contributed by atoms with Crippen LogP contribution in [-0.2, 0) is 0 Å². The Morgan fingerprint density at radius 1 is 1.19 bits per heavy atom. The molecule has 0 amide bonds. The monoisotopic (exact) mass is 302 g/mol. The molecule has 3 rings (SSSR count). The van der Waals surface area contributed by atoms with E-state index in [1.807, 2.05) is 31.2 Å². The van der Waals surface area contributed by atoms with Crippen molar-refractivity contribution in [1.29, 1.82) is 0 Å². The van der Waals surface area contributed by atoms with Crippen LogP contribution in [0.4, 0.5) is 0 Å². The maximum Gasteiger partial charge on any atom is 0.138 e. The van der Waals surface area contributed by atoms with Crippen molar-refractivity contribution in [3.63, 3.8) is 0 Å². The average molecular weight is 303 g/mol. The van der Waals surface area contributed by atoms with Crippen molar-refractivity contribution in [2.45, 2.75) is 13.0 Å². The van der Waals surface area contributed by atoms with Crippen molar-refractivity contribution in [1.82, 2.24) is 0 Å². The third kappa shape index (κ3) is 2.50. The van der Waals surface area contributed by atoms with Crippen LogP contribution >= 0.6 is 11.6 Å². The molecule has 1 atom stereocenters. The van der Waals surface area contributed by atoms with E-state index >= 15 is 0 Å². The summed E-state index contributed by atoms with van der Waals surface area (Å²) >= 11 is 6.10. The van der Waals surface area contributed by atoms with Gasteiger partial charge in [0.1, 0.15) is 23.2 Å². The number of aliphatic hydroxyl groups is 1. The van der Waals surface area contributed by atoms with E-state index in [-0.39, 0.29) is 0 Å². The van der Waals surface area contributed by atoms with E-state index in [2.05, 4.69) is 0 Å². The number of hydrogen-bond acceptors (Lipinski definition) is 3. The lowest BCUT2D eigenvalue weighted by molar-refractivity contribution is 0.192. The summed E-state index contributed by atoms with van der Waals surface area (Å²) in [6.45, 7) is 1.98. The van der Waals surface area contributed by atoms with Gasteiger partial charge in [0.15, 0.2) is 0 Å². The van der Waals surface area contributed by atoms with Crippen LogP contribution in [0.5, 0.6) is 5.75 Å². The van der Waals surface area contributed by atoms with Gasteiger partial charge < -0.3 is 14.3 Å². The van der Waals surface area contributed by atoms with E-state index in [9.17, 15) is 5.11 Å². The minimum Gasteiger partial charge on any atom is -0.495 e. The maximum absolute atomic E-state index is 10.5. The molecule has 3 aromatic rings. The molecule has 1 unspecified atom stereocenters. The van der Waals surface area contributed by atoms with Gasteiger partial charge in [0.05, 0.1) is 12.1 Å². The minimum atomic E-state index is -0.861. The first-order valence-electron chi connectivity index (χ1n) is 6.60. The molecular formula is C17H15ClO3. The molecule has 2 aromatic carbocycles. The lowest BCUT2D eigenvalue weighted by Crippen LogP contribution is -1.98. The van der Waals surface area contributed by atoms with Crippen molar-refractivity contribution in [3.8, 4) is 5.75 Å². The van der Waals surface area contributed by atoms with E-state index < -0.39 is 6.10 Å². The zero-order valence-corrected chi connectivity index (χ0v) is 12.5. The number of aryl methyl sites for hydroxylation is 1. The van der Waals surface area contributed by atoms with E-state index in [0.717, 1.165) is 16.5 Å². The van der Waals surface area contributed by atoms with Gasteiger partial charge in [0, 0.05) is 5.39 Å². The van der Waals surface area contributed by atoms with Crippen molar-refractivity contribution >= 4 is 22.6 Å². The van der Waals surface area contributed by atoms with Gasteiger partial charge in [-0.25, -0.2) is 0 Å². The highest BCUT2D eigenvalue weighted by Crippen LogP contribution is 2.33. The van der Waals surface area contributed by atoms with Gasteiger partial charge in [0.2, 0.25) is 0 Å². The van der Waals surface area contributed by atoms with Gasteiger partial charge in [-0.1, -0.05) is 35.9 Å². The highest BCUT2D eigenvalue weighted by atomic mass is 35.5. The number of benzene rings is 2. The highest BCUT2D eigenvalue weighted by molar-refractivity contribution is 6.32. The fourth-order valence-electron chi connectivity index (χ4n) is 2.38. The molecular weight excluding hydrogens is 288 g/mol. The second-order valence-corrected chi connectivity index (χ2v) is 5.35. The molecule has 0 spiro atoms. The van der Waals surface area contributed by atoms with Gasteiger partial charge in [-0.15, -0.1) is 0 Å². The number of para-hydroxylation sites is 1. The van der Waals surface area contributed by atoms with Crippen LogP contribution in [0.1, 0.15) is 23.0 Å². The normalized spacial score (nSPS) is 12.6. The molecule has 0 fully saturated rings. The highest BCUT2D eigenvalue weighted by Gasteiger charge is 2.17. The Balaban J connectivity index is 2.01. The standard InChI is InChI=1S/C17H15ClO3/c1-10-4-3-5-12-9-15(21-17(10)12)16(19)11-6-7-14(20-2)13(18)8-11/h3-9,16,19H,1-2H3. The summed E-state index contributed by atoms with van der Waals surface area (Å²) in [5.74, 6) is 1.08. The third-order valence-electron chi connectivity index (χ3n) is 3.52. The van der Waals surface area contributed by atoms with Crippen LogP contribution in [0.15, 0.2) is 46.9 Å². The number of halogens is 1. The Morgan fingerprint density at radius 2 is 2.00 bits per heavy atom. The zero-order valence-electron chi connectivity index (χ0n) is 11.8. The number of hydrogen-bond donors (Lipinski definition) is 1. The Hall–Kier alpha value is -1.97. The molecule has 0 aliphatic carbocycles. The van der Waals surface area contributed by atoms with Crippen LogP contribution in [0.3, 0.4) is 0 Å². The summed E-state index contributed by atoms with van der Waals surface area (Å²) < 4.78 is 10.9. The summed E-state index contributed by atoms with van der Waals surface area (Å²) in [5.41, 5.74) is 2.50. The lowest BCUT2D eigenvalue weighted by Gasteiger charge is -2.10. The van der Waals surface area contributed by atoms with Crippen molar-refractivity contribution in [3.05, 3.63) is 64.4 Å². The first-order chi connectivity index (χ1) is 10.1. The fourth-order valence-corrected chi connectivity index (χ4v) is 2.65. The molecule has 0 saturated heterocycles. The average Bonchev–Trinajstić information content (AvgIpc) is 2.92. The Kier molecular flexibility index (Phi) is 3.62. The molecule has 1 aromatic heterocycles. The first kappa shape index (κ1) is 14.0. The summed E-state index contributed by atoms with van der Waals surface area (Å²) in [6, 6.07) is 12.9. The topological polar surface area (TPSA) is 42.6 Å². The van der Waals surface area contributed by atoms with E-state index in [4.69, 9.17) is 20.8 Å². The molecule has 1 heterocycles. The first-order valence-corrected chi connectivity index (χ1v) is 6.98. The van der Waals surface area contributed by atoms with Crippen molar-refractivity contribution in [2.75, 3.05) is 7.11 Å². The van der Waals surface area contributed by atoms with Crippen LogP contribution in [0.2, 0.25) is 5.02 Å². The van der Waals surface area contributed by atoms with Gasteiger partial charge in [-0.05, 0) is 36.2 Å². The molecule has 21 heavy (non-hydrogen) atoms. The molecule has 4 heteroatoms. The largest absolute Gasteiger partial charge is 0.495 e. The lowest BCUT2D eigenvalue weighted by atomic mass is 10.1. The number of rotatable bonds is 3. The molecule has 0 saturated carbocycles. The number of methoxy groups -OCH3 is 1. The smallest absolute Gasteiger partial charge is 0.138 e. The quantitative estimate of drug-likeness (QED) is 0.775. The summed E-state index contributed by atoms with van der Waals surface area (Å²) in [7, 11) is 1.55. The Bertz CT molecular complexity index is 792. The number of ether oxygens (including phenoxy) is 1.